The number of hydrogen-bond donors (Lipinski definition) is 0. The van der Waals surface area contributed by atoms with E-state index in [0.717, 1.165) is 11.8 Å². The summed E-state index contributed by atoms with van der Waals surface area (Å²) in [6.07, 6.45) is 0.688. The normalized spacial score (nSPS) is 11.0. The van der Waals surface area contributed by atoms with Crippen molar-refractivity contribution in [2.45, 2.75) is 6.42 Å². The molecule has 0 saturated heterocycles. The number of hydrogen-bond acceptors (Lipinski definition) is 2. The molecule has 7 heteroatoms. The van der Waals surface area contributed by atoms with Gasteiger partial charge in [0.15, 0.2) is 0 Å². The van der Waals surface area contributed by atoms with Gasteiger partial charge < -0.3 is 17.7 Å². The van der Waals surface area contributed by atoms with E-state index in [1.807, 2.05) is 0 Å². The molecular formula is C5H11BF3KOS. The van der Waals surface area contributed by atoms with Crippen molar-refractivity contribution in [3.05, 3.63) is 0 Å². The zero-order chi connectivity index (χ0) is 8.74. The third kappa shape index (κ3) is 14.3. The molecule has 0 saturated carbocycles. The Kier molecular flexibility index (Phi) is 12.7. The summed E-state index contributed by atoms with van der Waals surface area (Å²) in [5.41, 5.74) is -0.691. The van der Waals surface area contributed by atoms with Crippen LogP contribution in [-0.2, 0) is 4.74 Å². The van der Waals surface area contributed by atoms with Crippen molar-refractivity contribution in [1.29, 1.82) is 0 Å². The van der Waals surface area contributed by atoms with Gasteiger partial charge in [0.1, 0.15) is 0 Å². The second-order valence-electron chi connectivity index (χ2n) is 2.13. The molecule has 12 heavy (non-hydrogen) atoms. The molecule has 0 radical (unpaired) electrons. The molecule has 1 nitrogen and oxygen atoms in total. The predicted octanol–water partition coefficient (Wildman–Crippen LogP) is -0.853. The van der Waals surface area contributed by atoms with E-state index < -0.39 is 12.6 Å². The standard InChI is InChI=1S/C5H11BF3OS.K/c1-10-3-2-4-11-5-6(7,8)9;/h2-5H2,1H3;/q-1;+1. The minimum absolute atomic E-state index is 0. The summed E-state index contributed by atoms with van der Waals surface area (Å²) in [7, 11) is 1.54. The summed E-state index contributed by atoms with van der Waals surface area (Å²) in [4.78, 5) is 0. The third-order valence-corrected chi connectivity index (χ3v) is 2.13. The van der Waals surface area contributed by atoms with Crippen molar-refractivity contribution in [2.24, 2.45) is 0 Å². The largest absolute Gasteiger partial charge is 1.00 e. The molecule has 0 aromatic rings. The van der Waals surface area contributed by atoms with Gasteiger partial charge in [-0.25, -0.2) is 0 Å². The van der Waals surface area contributed by atoms with E-state index in [4.69, 9.17) is 0 Å². The van der Waals surface area contributed by atoms with E-state index in [1.54, 1.807) is 7.11 Å². The summed E-state index contributed by atoms with van der Waals surface area (Å²) >= 11 is 0.923. The Bertz CT molecular complexity index is 103. The number of rotatable bonds is 6. The molecule has 0 spiro atoms. The zero-order valence-electron chi connectivity index (χ0n) is 7.36. The van der Waals surface area contributed by atoms with Gasteiger partial charge in [0.25, 0.3) is 0 Å². The fraction of sp³-hybridized carbons (Fsp3) is 1.00. The van der Waals surface area contributed by atoms with E-state index in [-0.39, 0.29) is 51.4 Å². The molecule has 0 rings (SSSR count). The molecule has 0 amide bonds. The van der Waals surface area contributed by atoms with Crippen LogP contribution in [0, 0.1) is 0 Å². The Hall–Kier alpha value is 1.80. The number of thioether (sulfide) groups is 1. The van der Waals surface area contributed by atoms with Gasteiger partial charge in [0, 0.05) is 13.7 Å². The summed E-state index contributed by atoms with van der Waals surface area (Å²) in [5.74, 6) is 0.523. The quantitative estimate of drug-likeness (QED) is 0.431. The average Bonchev–Trinajstić information content (AvgIpc) is 1.85. The fourth-order valence-electron chi connectivity index (χ4n) is 0.522. The van der Waals surface area contributed by atoms with Gasteiger partial charge in [-0.2, -0.15) is 11.8 Å². The molecule has 0 aliphatic carbocycles. The minimum Gasteiger partial charge on any atom is -0.448 e. The molecule has 0 atom stereocenters. The topological polar surface area (TPSA) is 9.23 Å². The van der Waals surface area contributed by atoms with Crippen molar-refractivity contribution in [1.82, 2.24) is 0 Å². The molecule has 0 aromatic heterocycles. The molecule has 0 aliphatic heterocycles. The van der Waals surface area contributed by atoms with Gasteiger partial charge in [-0.3, -0.25) is 0 Å². The van der Waals surface area contributed by atoms with E-state index in [0.29, 0.717) is 18.8 Å². The molecule has 0 aromatic carbocycles. The number of ether oxygens (including phenoxy) is 1. The predicted molar refractivity (Wildman–Crippen MR) is 42.9 cm³/mol. The molecule has 0 fully saturated rings. The van der Waals surface area contributed by atoms with Gasteiger partial charge in [-0.15, -0.1) is 0 Å². The van der Waals surface area contributed by atoms with E-state index >= 15 is 0 Å². The molecule has 0 bridgehead atoms. The van der Waals surface area contributed by atoms with Crippen LogP contribution in [0.15, 0.2) is 0 Å². The summed E-state index contributed by atoms with van der Waals surface area (Å²) < 4.78 is 39.4. The maximum atomic E-state index is 11.6. The van der Waals surface area contributed by atoms with Crippen LogP contribution < -0.4 is 51.4 Å². The van der Waals surface area contributed by atoms with Crippen molar-refractivity contribution in [2.75, 3.05) is 25.1 Å². The molecule has 0 N–H and O–H groups in total. The minimum atomic E-state index is -4.60. The molecule has 0 aliphatic rings. The van der Waals surface area contributed by atoms with E-state index in [2.05, 4.69) is 4.74 Å². The Morgan fingerprint density at radius 3 is 2.33 bits per heavy atom. The van der Waals surface area contributed by atoms with Crippen LogP contribution >= 0.6 is 11.8 Å². The Labute approximate surface area is 118 Å². The Morgan fingerprint density at radius 2 is 1.92 bits per heavy atom. The monoisotopic (exact) mass is 226 g/mol. The third-order valence-electron chi connectivity index (χ3n) is 0.944. The van der Waals surface area contributed by atoms with Crippen molar-refractivity contribution in [3.8, 4) is 0 Å². The fourth-order valence-corrected chi connectivity index (χ4v) is 1.28. The van der Waals surface area contributed by atoms with Crippen LogP contribution in [0.2, 0.25) is 0 Å². The van der Waals surface area contributed by atoms with Crippen LogP contribution in [-0.4, -0.2) is 32.1 Å². The summed E-state index contributed by atoms with van der Waals surface area (Å²) in [6, 6.07) is 0. The molecule has 0 heterocycles. The second kappa shape index (κ2) is 9.36. The summed E-state index contributed by atoms with van der Waals surface area (Å²) in [5, 5.41) is 0. The Morgan fingerprint density at radius 1 is 1.33 bits per heavy atom. The van der Waals surface area contributed by atoms with Crippen molar-refractivity contribution in [3.63, 3.8) is 0 Å². The van der Waals surface area contributed by atoms with Crippen LogP contribution in [0.1, 0.15) is 6.42 Å². The summed E-state index contributed by atoms with van der Waals surface area (Å²) in [6.45, 7) is -4.06. The number of methoxy groups -OCH3 is 1. The van der Waals surface area contributed by atoms with Crippen LogP contribution in [0.25, 0.3) is 0 Å². The van der Waals surface area contributed by atoms with E-state index in [9.17, 15) is 12.9 Å². The first-order valence-electron chi connectivity index (χ1n) is 3.34. The van der Waals surface area contributed by atoms with Gasteiger partial charge in [-0.1, -0.05) is 0 Å². The second-order valence-corrected chi connectivity index (χ2v) is 3.28. The zero-order valence-corrected chi connectivity index (χ0v) is 11.3. The van der Waals surface area contributed by atoms with Crippen molar-refractivity contribution >= 4 is 18.7 Å². The number of halogens is 3. The van der Waals surface area contributed by atoms with E-state index in [1.165, 1.54) is 0 Å². The van der Waals surface area contributed by atoms with Crippen LogP contribution in [0.3, 0.4) is 0 Å². The first-order chi connectivity index (χ1) is 5.06. The molecule has 68 valence electrons. The van der Waals surface area contributed by atoms with Crippen molar-refractivity contribution < 1.29 is 69.1 Å². The van der Waals surface area contributed by atoms with Gasteiger partial charge >= 0.3 is 58.4 Å². The first-order valence-corrected chi connectivity index (χ1v) is 4.49. The van der Waals surface area contributed by atoms with Crippen LogP contribution in [0.5, 0.6) is 0 Å². The average molecular weight is 226 g/mol. The maximum absolute atomic E-state index is 11.6. The maximum Gasteiger partial charge on any atom is 1.00 e. The molecule has 0 unspecified atom stereocenters. The smallest absolute Gasteiger partial charge is 0.448 e. The molecular weight excluding hydrogens is 215 g/mol. The van der Waals surface area contributed by atoms with Gasteiger partial charge in [0.05, 0.1) is 0 Å². The first kappa shape index (κ1) is 16.2. The van der Waals surface area contributed by atoms with Gasteiger partial charge in [-0.05, 0) is 17.8 Å². The van der Waals surface area contributed by atoms with Crippen LogP contribution in [0.4, 0.5) is 12.9 Å². The Balaban J connectivity index is 0. The van der Waals surface area contributed by atoms with Gasteiger partial charge in [0.2, 0.25) is 0 Å². The SMILES string of the molecule is COCCCSC[B-](F)(F)F.[K+].